The van der Waals surface area contributed by atoms with Gasteiger partial charge in [0.25, 0.3) is 11.8 Å². The van der Waals surface area contributed by atoms with Gasteiger partial charge in [0.15, 0.2) is 13.1 Å². The van der Waals surface area contributed by atoms with Gasteiger partial charge in [0.2, 0.25) is 0 Å². The Bertz CT molecular complexity index is 545. The number of anilines is 1. The Morgan fingerprint density at radius 2 is 1.70 bits per heavy atom. The van der Waals surface area contributed by atoms with E-state index in [1.54, 1.807) is 31.4 Å². The highest BCUT2D eigenvalue weighted by molar-refractivity contribution is 5.95. The molecule has 1 aromatic rings. The Morgan fingerprint density at radius 3 is 2.22 bits per heavy atom. The Hall–Kier alpha value is -2.61. The predicted molar refractivity (Wildman–Crippen MR) is 85.5 cm³/mol. The van der Waals surface area contributed by atoms with Crippen molar-refractivity contribution in [2.75, 3.05) is 39.1 Å². The zero-order valence-electron chi connectivity index (χ0n) is 13.6. The van der Waals surface area contributed by atoms with Gasteiger partial charge in [-0.25, -0.2) is 4.79 Å². The van der Waals surface area contributed by atoms with Crippen LogP contribution in [0.1, 0.15) is 6.92 Å². The zero-order valence-corrected chi connectivity index (χ0v) is 13.6. The number of carbonyl (C=O) groups is 3. The van der Waals surface area contributed by atoms with Gasteiger partial charge < -0.3 is 20.3 Å². The fourth-order valence-electron chi connectivity index (χ4n) is 1.88. The number of carbonyl (C=O) groups excluding carboxylic acids is 3. The summed E-state index contributed by atoms with van der Waals surface area (Å²) >= 11 is 0. The second-order valence-electron chi connectivity index (χ2n) is 4.86. The van der Waals surface area contributed by atoms with E-state index in [0.29, 0.717) is 18.0 Å². The normalized spacial score (nSPS) is 11.3. The summed E-state index contributed by atoms with van der Waals surface area (Å²) in [6, 6.07) is 6.41. The highest BCUT2D eigenvalue weighted by Crippen LogP contribution is 2.14. The molecule has 0 aliphatic heterocycles. The van der Waals surface area contributed by atoms with Gasteiger partial charge in [-0.2, -0.15) is 0 Å². The molecule has 23 heavy (non-hydrogen) atoms. The number of quaternary nitrogens is 1. The summed E-state index contributed by atoms with van der Waals surface area (Å²) < 4.78 is 5.05. The van der Waals surface area contributed by atoms with Crippen LogP contribution < -0.4 is 25.6 Å². The lowest BCUT2D eigenvalue weighted by Crippen LogP contribution is -3.14. The number of likely N-dealkylation sites (N-methyl/N-ethyl adjacent to an activating group) is 1. The van der Waals surface area contributed by atoms with Crippen LogP contribution in [-0.4, -0.2) is 51.6 Å². The van der Waals surface area contributed by atoms with Crippen molar-refractivity contribution in [1.29, 1.82) is 0 Å². The van der Waals surface area contributed by atoms with Crippen molar-refractivity contribution in [3.8, 4) is 5.75 Å². The van der Waals surface area contributed by atoms with Crippen LogP contribution in [-0.2, 0) is 9.59 Å². The molecule has 1 rings (SSSR count). The molecule has 0 aromatic heterocycles. The standard InChI is InChI=1S/C15H22N4O4/c1-4-19(10-14(21)18-15(22)16-2)9-13(20)17-11-5-7-12(23-3)8-6-11/h5-8H,4,9-10H2,1-3H3,(H,17,20)(H2,16,18,21,22)/p+1. The van der Waals surface area contributed by atoms with E-state index < -0.39 is 11.9 Å². The van der Waals surface area contributed by atoms with Gasteiger partial charge in [0.05, 0.1) is 13.7 Å². The molecular weight excluding hydrogens is 300 g/mol. The number of nitrogens with one attached hydrogen (secondary N) is 4. The van der Waals surface area contributed by atoms with E-state index in [4.69, 9.17) is 4.74 Å². The molecule has 8 nitrogen and oxygen atoms in total. The van der Waals surface area contributed by atoms with Gasteiger partial charge >= 0.3 is 6.03 Å². The minimum Gasteiger partial charge on any atom is -0.497 e. The van der Waals surface area contributed by atoms with Gasteiger partial charge in [-0.3, -0.25) is 14.9 Å². The van der Waals surface area contributed by atoms with E-state index in [2.05, 4.69) is 16.0 Å². The number of amides is 4. The smallest absolute Gasteiger partial charge is 0.321 e. The van der Waals surface area contributed by atoms with Crippen LogP contribution in [0.4, 0.5) is 10.5 Å². The lowest BCUT2D eigenvalue weighted by atomic mass is 10.3. The third kappa shape index (κ3) is 6.79. The molecule has 4 N–H and O–H groups in total. The number of urea groups is 1. The van der Waals surface area contributed by atoms with Crippen molar-refractivity contribution in [3.63, 3.8) is 0 Å². The molecule has 0 aliphatic rings. The van der Waals surface area contributed by atoms with E-state index in [1.165, 1.54) is 7.05 Å². The average molecular weight is 323 g/mol. The maximum absolute atomic E-state index is 12.0. The van der Waals surface area contributed by atoms with E-state index in [-0.39, 0.29) is 19.0 Å². The number of hydrogen-bond donors (Lipinski definition) is 4. The number of methoxy groups -OCH3 is 1. The van der Waals surface area contributed by atoms with Crippen LogP contribution in [0.2, 0.25) is 0 Å². The van der Waals surface area contributed by atoms with Crippen molar-refractivity contribution < 1.29 is 24.0 Å². The molecule has 126 valence electrons. The molecule has 1 aromatic carbocycles. The Labute approximate surface area is 135 Å². The third-order valence-electron chi connectivity index (χ3n) is 3.17. The Morgan fingerprint density at radius 1 is 1.09 bits per heavy atom. The molecule has 1 unspecified atom stereocenters. The summed E-state index contributed by atoms with van der Waals surface area (Å²) in [5.74, 6) is 0.0629. The second-order valence-corrected chi connectivity index (χ2v) is 4.86. The first-order valence-electron chi connectivity index (χ1n) is 7.27. The number of rotatable bonds is 7. The summed E-state index contributed by atoms with van der Waals surface area (Å²) in [6.45, 7) is 2.62. The molecule has 8 heteroatoms. The van der Waals surface area contributed by atoms with E-state index in [1.807, 2.05) is 6.92 Å². The van der Waals surface area contributed by atoms with Gasteiger partial charge in [-0.15, -0.1) is 0 Å². The summed E-state index contributed by atoms with van der Waals surface area (Å²) in [4.78, 5) is 35.5. The Balaban J connectivity index is 2.48. The molecule has 0 spiro atoms. The zero-order chi connectivity index (χ0) is 17.2. The fraction of sp³-hybridized carbons (Fsp3) is 0.400. The maximum Gasteiger partial charge on any atom is 0.321 e. The van der Waals surface area contributed by atoms with Crippen LogP contribution >= 0.6 is 0 Å². The molecule has 0 saturated heterocycles. The predicted octanol–water partition coefficient (Wildman–Crippen LogP) is -1.01. The van der Waals surface area contributed by atoms with Gasteiger partial charge in [-0.1, -0.05) is 0 Å². The summed E-state index contributed by atoms with van der Waals surface area (Å²) in [5, 5.41) is 7.23. The average Bonchev–Trinajstić information content (AvgIpc) is 2.54. The minimum absolute atomic E-state index is 0.0416. The van der Waals surface area contributed by atoms with Crippen molar-refractivity contribution >= 4 is 23.5 Å². The Kier molecular flexibility index (Phi) is 7.55. The first-order valence-corrected chi connectivity index (χ1v) is 7.27. The molecule has 0 aliphatic carbocycles. The highest BCUT2D eigenvalue weighted by atomic mass is 16.5. The lowest BCUT2D eigenvalue weighted by Gasteiger charge is -2.16. The highest BCUT2D eigenvalue weighted by Gasteiger charge is 2.17. The van der Waals surface area contributed by atoms with E-state index in [0.717, 1.165) is 4.90 Å². The van der Waals surface area contributed by atoms with Gasteiger partial charge in [0, 0.05) is 12.7 Å². The topological polar surface area (TPSA) is 101 Å². The monoisotopic (exact) mass is 323 g/mol. The number of ether oxygens (including phenoxy) is 1. The maximum atomic E-state index is 12.0. The van der Waals surface area contributed by atoms with Crippen LogP contribution in [0, 0.1) is 0 Å². The van der Waals surface area contributed by atoms with Crippen molar-refractivity contribution in [2.45, 2.75) is 6.92 Å². The molecule has 0 fully saturated rings. The van der Waals surface area contributed by atoms with Crippen molar-refractivity contribution in [2.24, 2.45) is 0 Å². The van der Waals surface area contributed by atoms with Crippen LogP contribution in [0.5, 0.6) is 5.75 Å². The minimum atomic E-state index is -0.562. The number of hydrogen-bond acceptors (Lipinski definition) is 4. The third-order valence-corrected chi connectivity index (χ3v) is 3.17. The summed E-state index contributed by atoms with van der Waals surface area (Å²) in [5.41, 5.74) is 0.654. The SMILES string of the molecule is CC[NH+](CC(=O)NC(=O)NC)CC(=O)Nc1ccc(OC)cc1. The van der Waals surface area contributed by atoms with Crippen molar-refractivity contribution in [3.05, 3.63) is 24.3 Å². The van der Waals surface area contributed by atoms with Crippen molar-refractivity contribution in [1.82, 2.24) is 10.6 Å². The van der Waals surface area contributed by atoms with E-state index in [9.17, 15) is 14.4 Å². The number of imide groups is 1. The first kappa shape index (κ1) is 18.4. The van der Waals surface area contributed by atoms with Crippen LogP contribution in [0.25, 0.3) is 0 Å². The second kappa shape index (κ2) is 9.42. The summed E-state index contributed by atoms with van der Waals surface area (Å²) in [7, 11) is 3.00. The van der Waals surface area contributed by atoms with Gasteiger partial charge in [-0.05, 0) is 31.2 Å². The largest absolute Gasteiger partial charge is 0.497 e. The quantitative estimate of drug-likeness (QED) is 0.517. The molecule has 0 heterocycles. The van der Waals surface area contributed by atoms with Crippen LogP contribution in [0.15, 0.2) is 24.3 Å². The number of benzene rings is 1. The molecule has 4 amide bonds. The van der Waals surface area contributed by atoms with Gasteiger partial charge in [0.1, 0.15) is 5.75 Å². The molecule has 0 saturated carbocycles. The van der Waals surface area contributed by atoms with E-state index >= 15 is 0 Å². The molecule has 0 radical (unpaired) electrons. The fourth-order valence-corrected chi connectivity index (χ4v) is 1.88. The molecule has 0 bridgehead atoms. The lowest BCUT2D eigenvalue weighted by molar-refractivity contribution is -0.881. The molecular formula is C15H23N4O4+. The summed E-state index contributed by atoms with van der Waals surface area (Å²) in [6.07, 6.45) is 0. The van der Waals surface area contributed by atoms with Crippen LogP contribution in [0.3, 0.4) is 0 Å². The first-order chi connectivity index (χ1) is 11.0. The molecule has 1 atom stereocenters.